The predicted molar refractivity (Wildman–Crippen MR) is 114 cm³/mol. The molecule has 1 aliphatic heterocycles. The number of piperidine rings is 1. The molecule has 1 saturated heterocycles. The third-order valence-corrected chi connectivity index (χ3v) is 5.36. The van der Waals surface area contributed by atoms with E-state index in [-0.39, 0.29) is 17.1 Å². The highest BCUT2D eigenvalue weighted by molar-refractivity contribution is 6.32. The van der Waals surface area contributed by atoms with Crippen LogP contribution in [0.25, 0.3) is 0 Å². The Bertz CT molecular complexity index is 866. The van der Waals surface area contributed by atoms with Crippen LogP contribution in [0.2, 0.25) is 5.02 Å². The first-order valence-corrected chi connectivity index (χ1v) is 10.3. The van der Waals surface area contributed by atoms with E-state index in [4.69, 9.17) is 16.3 Å². The summed E-state index contributed by atoms with van der Waals surface area (Å²) in [6.07, 6.45) is 3.65. The van der Waals surface area contributed by atoms with Gasteiger partial charge in [0.15, 0.2) is 0 Å². The van der Waals surface area contributed by atoms with Gasteiger partial charge in [0.25, 0.3) is 0 Å². The average Bonchev–Trinajstić information content (AvgIpc) is 2.70. The molecule has 156 valence electrons. The van der Waals surface area contributed by atoms with Crippen LogP contribution in [0.3, 0.4) is 0 Å². The van der Waals surface area contributed by atoms with Crippen LogP contribution in [-0.2, 0) is 11.3 Å². The number of nitrogens with zero attached hydrogens (tertiary/aromatic N) is 1. The Balaban J connectivity index is 1.54. The Morgan fingerprint density at radius 3 is 2.66 bits per heavy atom. The zero-order valence-electron chi connectivity index (χ0n) is 16.6. The van der Waals surface area contributed by atoms with Gasteiger partial charge in [-0.2, -0.15) is 0 Å². The molecule has 3 N–H and O–H groups in total. The minimum Gasteiger partial charge on any atom is -0.507 e. The lowest BCUT2D eigenvalue weighted by atomic mass is 10.1. The maximum Gasteiger partial charge on any atom is 0.341 e. The minimum absolute atomic E-state index is 0.0305. The number of aryl methyl sites for hydroxylation is 1. The van der Waals surface area contributed by atoms with E-state index >= 15 is 0 Å². The summed E-state index contributed by atoms with van der Waals surface area (Å²) in [5.41, 5.74) is 2.34. The summed E-state index contributed by atoms with van der Waals surface area (Å²) in [6.45, 7) is 5.34. The van der Waals surface area contributed by atoms with Crippen LogP contribution in [0, 0.1) is 6.92 Å². The fraction of sp³-hybridized carbons (Fsp3) is 0.409. The Labute approximate surface area is 176 Å². The highest BCUT2D eigenvalue weighted by Crippen LogP contribution is 2.30. The monoisotopic (exact) mass is 418 g/mol. The minimum atomic E-state index is -0.533. The number of carbonyl (C=O) groups excluding carboxylic acids is 1. The van der Waals surface area contributed by atoms with Crippen molar-refractivity contribution in [2.75, 3.05) is 31.6 Å². The molecule has 2 aromatic rings. The number of halogens is 1. The molecule has 3 rings (SSSR count). The van der Waals surface area contributed by atoms with Gasteiger partial charge in [-0.15, -0.1) is 0 Å². The van der Waals surface area contributed by atoms with Gasteiger partial charge in [-0.25, -0.2) is 4.79 Å². The second-order valence-electron chi connectivity index (χ2n) is 7.38. The second kappa shape index (κ2) is 9.85. The first kappa shape index (κ1) is 21.3. The van der Waals surface area contributed by atoms with Gasteiger partial charge < -0.3 is 20.3 Å². The number of nitrogens with one attached hydrogen (secondary N) is 1. The molecule has 0 radical (unpaired) electrons. The van der Waals surface area contributed by atoms with Gasteiger partial charge >= 0.3 is 5.97 Å². The standard InChI is InChI=1S/C22H27ClN2O4/c1-15-11-16(21(27)19(23)12-15)14-24-17-5-6-18(20(26)13-17)22(28)29-10-9-25-7-3-2-4-8-25/h5-6,11-13,24,26-27H,2-4,7-10,14H2,1H3. The number of phenolic OH excluding ortho intramolecular Hbond substituents is 2. The van der Waals surface area contributed by atoms with E-state index in [0.717, 1.165) is 18.7 Å². The summed E-state index contributed by atoms with van der Waals surface area (Å²) >= 11 is 6.00. The van der Waals surface area contributed by atoms with Gasteiger partial charge in [0, 0.05) is 30.4 Å². The molecule has 29 heavy (non-hydrogen) atoms. The van der Waals surface area contributed by atoms with Crippen LogP contribution < -0.4 is 5.32 Å². The lowest BCUT2D eigenvalue weighted by Crippen LogP contribution is -2.33. The number of ether oxygens (including phenoxy) is 1. The first-order chi connectivity index (χ1) is 13.9. The molecule has 0 saturated carbocycles. The van der Waals surface area contributed by atoms with Crippen LogP contribution >= 0.6 is 11.6 Å². The van der Waals surface area contributed by atoms with E-state index in [9.17, 15) is 15.0 Å². The summed E-state index contributed by atoms with van der Waals surface area (Å²) in [5, 5.41) is 23.7. The Hall–Kier alpha value is -2.44. The number of phenols is 2. The van der Waals surface area contributed by atoms with Crippen LogP contribution in [-0.4, -0.2) is 47.3 Å². The lowest BCUT2D eigenvalue weighted by molar-refractivity contribution is 0.0449. The summed E-state index contributed by atoms with van der Waals surface area (Å²) < 4.78 is 5.31. The highest BCUT2D eigenvalue weighted by atomic mass is 35.5. The molecule has 0 aromatic heterocycles. The van der Waals surface area contributed by atoms with Gasteiger partial charge in [-0.3, -0.25) is 4.90 Å². The van der Waals surface area contributed by atoms with E-state index in [1.807, 2.05) is 13.0 Å². The molecule has 0 amide bonds. The van der Waals surface area contributed by atoms with Gasteiger partial charge in [0.1, 0.15) is 23.7 Å². The molecular formula is C22H27ClN2O4. The summed E-state index contributed by atoms with van der Waals surface area (Å²) in [4.78, 5) is 14.5. The van der Waals surface area contributed by atoms with Crippen molar-refractivity contribution in [2.24, 2.45) is 0 Å². The zero-order valence-corrected chi connectivity index (χ0v) is 17.3. The largest absolute Gasteiger partial charge is 0.507 e. The van der Waals surface area contributed by atoms with Crippen molar-refractivity contribution in [3.8, 4) is 11.5 Å². The van der Waals surface area contributed by atoms with Crippen molar-refractivity contribution in [2.45, 2.75) is 32.7 Å². The SMILES string of the molecule is Cc1cc(Cl)c(O)c(CNc2ccc(C(=O)OCCN3CCCCC3)c(O)c2)c1. The zero-order chi connectivity index (χ0) is 20.8. The van der Waals surface area contributed by atoms with Gasteiger partial charge in [0.05, 0.1) is 5.02 Å². The molecule has 0 spiro atoms. The predicted octanol–water partition coefficient (Wildman–Crippen LogP) is 4.31. The number of aromatic hydroxyl groups is 2. The summed E-state index contributed by atoms with van der Waals surface area (Å²) in [5.74, 6) is -0.651. The highest BCUT2D eigenvalue weighted by Gasteiger charge is 2.15. The molecule has 0 unspecified atom stereocenters. The van der Waals surface area contributed by atoms with Crippen molar-refractivity contribution in [1.82, 2.24) is 4.90 Å². The van der Waals surface area contributed by atoms with Crippen LogP contribution in [0.15, 0.2) is 30.3 Å². The van der Waals surface area contributed by atoms with Crippen molar-refractivity contribution in [3.63, 3.8) is 0 Å². The first-order valence-electron chi connectivity index (χ1n) is 9.88. The smallest absolute Gasteiger partial charge is 0.341 e. The van der Waals surface area contributed by atoms with E-state index in [1.165, 1.54) is 31.4 Å². The molecule has 6 nitrogen and oxygen atoms in total. The average molecular weight is 419 g/mol. The number of likely N-dealkylation sites (tertiary alicyclic amines) is 1. The molecule has 0 aliphatic carbocycles. The maximum atomic E-state index is 12.2. The molecule has 0 bridgehead atoms. The van der Waals surface area contributed by atoms with Crippen molar-refractivity contribution in [3.05, 3.63) is 52.0 Å². The van der Waals surface area contributed by atoms with Crippen molar-refractivity contribution < 1.29 is 19.7 Å². The van der Waals surface area contributed by atoms with E-state index in [0.29, 0.717) is 36.0 Å². The second-order valence-corrected chi connectivity index (χ2v) is 7.79. The number of hydrogen-bond donors (Lipinski definition) is 3. The number of esters is 1. The van der Waals surface area contributed by atoms with E-state index < -0.39 is 5.97 Å². The van der Waals surface area contributed by atoms with Crippen LogP contribution in [0.1, 0.15) is 40.7 Å². The molecule has 1 fully saturated rings. The van der Waals surface area contributed by atoms with Crippen LogP contribution in [0.4, 0.5) is 5.69 Å². The lowest BCUT2D eigenvalue weighted by Gasteiger charge is -2.25. The molecule has 1 aliphatic rings. The third kappa shape index (κ3) is 5.78. The van der Waals surface area contributed by atoms with Crippen LogP contribution in [0.5, 0.6) is 11.5 Å². The summed E-state index contributed by atoms with van der Waals surface area (Å²) in [7, 11) is 0. The quantitative estimate of drug-likeness (QED) is 0.581. The molecule has 1 heterocycles. The number of benzene rings is 2. The Morgan fingerprint density at radius 2 is 1.93 bits per heavy atom. The topological polar surface area (TPSA) is 82.0 Å². The fourth-order valence-electron chi connectivity index (χ4n) is 3.48. The van der Waals surface area contributed by atoms with E-state index in [2.05, 4.69) is 10.2 Å². The third-order valence-electron chi connectivity index (χ3n) is 5.08. The Morgan fingerprint density at radius 1 is 1.17 bits per heavy atom. The van der Waals surface area contributed by atoms with Crippen molar-refractivity contribution in [1.29, 1.82) is 0 Å². The molecule has 0 atom stereocenters. The molecular weight excluding hydrogens is 392 g/mol. The normalized spacial score (nSPS) is 14.6. The number of carbonyl (C=O) groups is 1. The Kier molecular flexibility index (Phi) is 7.23. The van der Waals surface area contributed by atoms with Gasteiger partial charge in [-0.1, -0.05) is 24.1 Å². The van der Waals surface area contributed by atoms with Gasteiger partial charge in [0.2, 0.25) is 0 Å². The van der Waals surface area contributed by atoms with Gasteiger partial charge in [-0.05, 0) is 56.6 Å². The fourth-order valence-corrected chi connectivity index (χ4v) is 3.77. The molecule has 7 heteroatoms. The van der Waals surface area contributed by atoms with Crippen molar-refractivity contribution >= 4 is 23.3 Å². The van der Waals surface area contributed by atoms with E-state index in [1.54, 1.807) is 12.1 Å². The number of rotatable bonds is 7. The molecule has 2 aromatic carbocycles. The number of hydrogen-bond acceptors (Lipinski definition) is 6. The number of anilines is 1. The maximum absolute atomic E-state index is 12.2. The summed E-state index contributed by atoms with van der Waals surface area (Å²) in [6, 6.07) is 8.22.